The number of hydrogen-bond donors (Lipinski definition) is 0. The number of methoxy groups -OCH3 is 2. The molecule has 2 fully saturated rings. The van der Waals surface area contributed by atoms with Crippen molar-refractivity contribution in [1.29, 1.82) is 0 Å². The van der Waals surface area contributed by atoms with E-state index >= 15 is 0 Å². The Kier molecular flexibility index (Phi) is 5.23. The number of piperidine rings is 1. The lowest BCUT2D eigenvalue weighted by molar-refractivity contribution is -0.385. The van der Waals surface area contributed by atoms with E-state index in [1.54, 1.807) is 13.2 Å². The predicted molar refractivity (Wildman–Crippen MR) is 91.6 cm³/mol. The van der Waals surface area contributed by atoms with Crippen LogP contribution in [0, 0.1) is 16.0 Å². The monoisotopic (exact) mass is 334 g/mol. The summed E-state index contributed by atoms with van der Waals surface area (Å²) in [6.45, 7) is 1.63. The second-order valence-electron chi connectivity index (χ2n) is 6.82. The van der Waals surface area contributed by atoms with Crippen LogP contribution in [0.5, 0.6) is 11.5 Å². The highest BCUT2D eigenvalue weighted by Crippen LogP contribution is 2.39. The minimum absolute atomic E-state index is 0.116. The molecule has 0 radical (unpaired) electrons. The first-order valence-electron chi connectivity index (χ1n) is 8.77. The highest BCUT2D eigenvalue weighted by molar-refractivity contribution is 5.54. The van der Waals surface area contributed by atoms with Crippen molar-refractivity contribution in [2.45, 2.75) is 51.1 Å². The number of hydrogen-bond acceptors (Lipinski definition) is 5. The molecule has 1 saturated heterocycles. The summed E-state index contributed by atoms with van der Waals surface area (Å²) in [4.78, 5) is 13.6. The van der Waals surface area contributed by atoms with Gasteiger partial charge in [0.1, 0.15) is 0 Å². The van der Waals surface area contributed by atoms with Gasteiger partial charge < -0.3 is 9.47 Å². The van der Waals surface area contributed by atoms with Gasteiger partial charge in [0.2, 0.25) is 0 Å². The molecule has 1 aromatic carbocycles. The first kappa shape index (κ1) is 17.0. The number of nitrogens with zero attached hydrogens (tertiary/aromatic N) is 2. The zero-order valence-electron chi connectivity index (χ0n) is 14.5. The summed E-state index contributed by atoms with van der Waals surface area (Å²) in [5, 5.41) is 11.5. The van der Waals surface area contributed by atoms with E-state index in [0.717, 1.165) is 12.5 Å². The van der Waals surface area contributed by atoms with Crippen LogP contribution in [0.1, 0.15) is 44.1 Å². The van der Waals surface area contributed by atoms with Crippen LogP contribution in [-0.2, 0) is 6.54 Å². The van der Waals surface area contributed by atoms with Gasteiger partial charge in [-0.15, -0.1) is 0 Å². The molecule has 0 spiro atoms. The summed E-state index contributed by atoms with van der Waals surface area (Å²) in [5.41, 5.74) is 0.828. The van der Waals surface area contributed by atoms with Gasteiger partial charge in [0.25, 0.3) is 5.69 Å². The van der Waals surface area contributed by atoms with Crippen molar-refractivity contribution in [3.05, 3.63) is 27.8 Å². The summed E-state index contributed by atoms with van der Waals surface area (Å²) < 4.78 is 10.6. The normalized spacial score (nSPS) is 24.2. The quantitative estimate of drug-likeness (QED) is 0.606. The highest BCUT2D eigenvalue weighted by atomic mass is 16.6. The van der Waals surface area contributed by atoms with Gasteiger partial charge in [-0.05, 0) is 44.2 Å². The molecule has 3 rings (SSSR count). The molecule has 0 bridgehead atoms. The maximum Gasteiger partial charge on any atom is 0.277 e. The van der Waals surface area contributed by atoms with E-state index in [-0.39, 0.29) is 10.6 Å². The van der Waals surface area contributed by atoms with Crippen molar-refractivity contribution in [2.24, 2.45) is 5.92 Å². The first-order valence-corrected chi connectivity index (χ1v) is 8.77. The fourth-order valence-electron chi connectivity index (χ4n) is 4.35. The molecule has 1 saturated carbocycles. The summed E-state index contributed by atoms with van der Waals surface area (Å²) in [7, 11) is 3.06. The van der Waals surface area contributed by atoms with Crippen LogP contribution in [-0.4, -0.2) is 36.6 Å². The van der Waals surface area contributed by atoms with E-state index in [2.05, 4.69) is 4.90 Å². The fraction of sp³-hybridized carbons (Fsp3) is 0.667. The summed E-state index contributed by atoms with van der Waals surface area (Å²) in [5.74, 6) is 1.71. The Morgan fingerprint density at radius 1 is 1.12 bits per heavy atom. The van der Waals surface area contributed by atoms with Gasteiger partial charge in [0.05, 0.1) is 25.2 Å². The van der Waals surface area contributed by atoms with Crippen molar-refractivity contribution < 1.29 is 14.4 Å². The molecular formula is C18H26N2O4. The fourth-order valence-corrected chi connectivity index (χ4v) is 4.35. The van der Waals surface area contributed by atoms with Crippen LogP contribution in [0.2, 0.25) is 0 Å². The Bertz CT molecular complexity index is 603. The summed E-state index contributed by atoms with van der Waals surface area (Å²) >= 11 is 0. The Balaban J connectivity index is 1.88. The van der Waals surface area contributed by atoms with E-state index < -0.39 is 0 Å². The minimum Gasteiger partial charge on any atom is -0.493 e. The van der Waals surface area contributed by atoms with Crippen LogP contribution >= 0.6 is 0 Å². The molecule has 132 valence electrons. The Hall–Kier alpha value is -1.82. The molecule has 0 amide bonds. The topological polar surface area (TPSA) is 64.8 Å². The largest absolute Gasteiger partial charge is 0.493 e. The maximum absolute atomic E-state index is 11.5. The van der Waals surface area contributed by atoms with Crippen LogP contribution in [0.15, 0.2) is 12.1 Å². The Labute approximate surface area is 142 Å². The molecule has 24 heavy (non-hydrogen) atoms. The Morgan fingerprint density at radius 3 is 2.50 bits per heavy atom. The smallest absolute Gasteiger partial charge is 0.277 e. The average Bonchev–Trinajstić information content (AvgIpc) is 2.61. The molecule has 1 aliphatic heterocycles. The van der Waals surface area contributed by atoms with Gasteiger partial charge in [-0.3, -0.25) is 15.0 Å². The van der Waals surface area contributed by atoms with Gasteiger partial charge in [-0.25, -0.2) is 0 Å². The zero-order valence-corrected chi connectivity index (χ0v) is 14.5. The third-order valence-corrected chi connectivity index (χ3v) is 5.51. The third-order valence-electron chi connectivity index (χ3n) is 5.51. The maximum atomic E-state index is 11.5. The van der Waals surface area contributed by atoms with Gasteiger partial charge >= 0.3 is 0 Å². The Morgan fingerprint density at radius 2 is 1.79 bits per heavy atom. The zero-order chi connectivity index (χ0) is 17.1. The predicted octanol–water partition coefficient (Wildman–Crippen LogP) is 3.77. The van der Waals surface area contributed by atoms with Crippen LogP contribution < -0.4 is 9.47 Å². The number of nitro benzene ring substituents is 1. The molecule has 1 aliphatic carbocycles. The van der Waals surface area contributed by atoms with Crippen molar-refractivity contribution in [3.63, 3.8) is 0 Å². The van der Waals surface area contributed by atoms with Crippen LogP contribution in [0.3, 0.4) is 0 Å². The second kappa shape index (κ2) is 7.38. The number of likely N-dealkylation sites (tertiary alicyclic amines) is 1. The van der Waals surface area contributed by atoms with Crippen LogP contribution in [0.25, 0.3) is 0 Å². The number of fused-ring (bicyclic) bond motifs is 1. The number of benzene rings is 1. The van der Waals surface area contributed by atoms with E-state index in [9.17, 15) is 10.1 Å². The van der Waals surface area contributed by atoms with E-state index in [1.807, 2.05) is 0 Å². The molecule has 1 aromatic rings. The number of ether oxygens (including phenoxy) is 2. The molecule has 0 aromatic heterocycles. The van der Waals surface area contributed by atoms with Crippen molar-refractivity contribution in [1.82, 2.24) is 4.90 Å². The van der Waals surface area contributed by atoms with Gasteiger partial charge in [0, 0.05) is 18.2 Å². The van der Waals surface area contributed by atoms with Gasteiger partial charge in [-0.2, -0.15) is 0 Å². The van der Waals surface area contributed by atoms with Crippen molar-refractivity contribution in [2.75, 3.05) is 20.8 Å². The van der Waals surface area contributed by atoms with Crippen molar-refractivity contribution >= 4 is 5.69 Å². The summed E-state index contributed by atoms with van der Waals surface area (Å²) in [6, 6.07) is 3.82. The SMILES string of the molecule is COc1cc(CN2CCCC3CCCCC32)c([N+](=O)[O-])cc1OC. The molecule has 6 heteroatoms. The lowest BCUT2D eigenvalue weighted by Crippen LogP contribution is -2.46. The average molecular weight is 334 g/mol. The standard InChI is InChI=1S/C18H26N2O4/c1-23-17-10-14(16(20(21)22)11-18(17)24-2)12-19-9-5-7-13-6-3-4-8-15(13)19/h10-11,13,15H,3-9,12H2,1-2H3. The number of nitro groups is 1. The minimum atomic E-state index is -0.320. The molecule has 0 N–H and O–H groups in total. The molecular weight excluding hydrogens is 308 g/mol. The number of rotatable bonds is 5. The molecule has 1 heterocycles. The van der Waals surface area contributed by atoms with Crippen LogP contribution in [0.4, 0.5) is 5.69 Å². The lowest BCUT2D eigenvalue weighted by atomic mass is 9.78. The lowest BCUT2D eigenvalue weighted by Gasteiger charge is -2.44. The second-order valence-corrected chi connectivity index (χ2v) is 6.82. The van der Waals surface area contributed by atoms with Crippen molar-refractivity contribution in [3.8, 4) is 11.5 Å². The van der Waals surface area contributed by atoms with Gasteiger partial charge in [0.15, 0.2) is 11.5 Å². The molecule has 2 atom stereocenters. The third kappa shape index (κ3) is 3.34. The van der Waals surface area contributed by atoms with E-state index in [4.69, 9.17) is 9.47 Å². The molecule has 6 nitrogen and oxygen atoms in total. The molecule has 2 unspecified atom stereocenters. The highest BCUT2D eigenvalue weighted by Gasteiger charge is 2.34. The summed E-state index contributed by atoms with van der Waals surface area (Å²) in [6.07, 6.45) is 7.59. The van der Waals surface area contributed by atoms with E-state index in [0.29, 0.717) is 29.6 Å². The first-order chi connectivity index (χ1) is 11.6. The van der Waals surface area contributed by atoms with Gasteiger partial charge in [-0.1, -0.05) is 12.8 Å². The van der Waals surface area contributed by atoms with E-state index in [1.165, 1.54) is 51.7 Å². The molecule has 2 aliphatic rings.